The van der Waals surface area contributed by atoms with Gasteiger partial charge in [-0.2, -0.15) is 10.2 Å². The molecule has 2 amide bonds. The highest BCUT2D eigenvalue weighted by atomic mass is 16.3. The first-order valence-electron chi connectivity index (χ1n) is 7.34. The van der Waals surface area contributed by atoms with Crippen molar-refractivity contribution in [3.63, 3.8) is 0 Å². The number of carbonyl (C=O) groups is 2. The number of nitrogens with one attached hydrogen (secondary N) is 1. The number of hydrogen-bond acceptors (Lipinski definition) is 6. The Kier molecular flexibility index (Phi) is 5.11. The van der Waals surface area contributed by atoms with Crippen LogP contribution in [0, 0.1) is 12.3 Å². The van der Waals surface area contributed by atoms with Gasteiger partial charge >= 0.3 is 0 Å². The van der Waals surface area contributed by atoms with E-state index < -0.39 is 17.8 Å². The Morgan fingerprint density at radius 2 is 2.18 bits per heavy atom. The summed E-state index contributed by atoms with van der Waals surface area (Å²) in [7, 11) is 0. The van der Waals surface area contributed by atoms with Gasteiger partial charge in [-0.05, 0) is 0 Å². The lowest BCUT2D eigenvalue weighted by Gasteiger charge is -2.23. The smallest absolute Gasteiger partial charge is 0.242 e. The summed E-state index contributed by atoms with van der Waals surface area (Å²) in [6.07, 6.45) is 6.61. The molecule has 0 aromatic carbocycles. The third-order valence-electron chi connectivity index (χ3n) is 3.95. The summed E-state index contributed by atoms with van der Waals surface area (Å²) >= 11 is 0. The fourth-order valence-corrected chi connectivity index (χ4v) is 2.63. The van der Waals surface area contributed by atoms with Crippen molar-refractivity contribution in [1.82, 2.24) is 10.2 Å². The molecule has 0 bridgehead atoms. The molecule has 2 aliphatic heterocycles. The molecule has 8 nitrogen and oxygen atoms in total. The number of hydrogen-bond donors (Lipinski definition) is 3. The molecule has 0 saturated carbocycles. The van der Waals surface area contributed by atoms with Gasteiger partial charge in [-0.1, -0.05) is 0 Å². The predicted molar refractivity (Wildman–Crippen MR) is 78.5 cm³/mol. The van der Waals surface area contributed by atoms with Crippen molar-refractivity contribution < 1.29 is 14.7 Å². The number of terminal acetylenes is 1. The molecular formula is C14H21N5O3. The van der Waals surface area contributed by atoms with Crippen molar-refractivity contribution in [1.29, 1.82) is 0 Å². The van der Waals surface area contributed by atoms with Crippen LogP contribution >= 0.6 is 0 Å². The Bertz CT molecular complexity index is 507. The molecule has 1 fully saturated rings. The molecule has 1 saturated heterocycles. The molecule has 0 unspecified atom stereocenters. The minimum atomic E-state index is -0.693. The van der Waals surface area contributed by atoms with Crippen LogP contribution in [-0.2, 0) is 9.59 Å². The summed E-state index contributed by atoms with van der Waals surface area (Å²) in [5, 5.41) is 20.4. The van der Waals surface area contributed by atoms with Crippen LogP contribution in [0.1, 0.15) is 25.7 Å². The summed E-state index contributed by atoms with van der Waals surface area (Å²) in [4.78, 5) is 25.2. The van der Waals surface area contributed by atoms with E-state index in [2.05, 4.69) is 21.5 Å². The topological polar surface area (TPSA) is 120 Å². The van der Waals surface area contributed by atoms with Gasteiger partial charge in [0.1, 0.15) is 6.04 Å². The van der Waals surface area contributed by atoms with Gasteiger partial charge < -0.3 is 21.1 Å². The molecule has 2 atom stereocenters. The van der Waals surface area contributed by atoms with Crippen LogP contribution in [-0.4, -0.2) is 59.3 Å². The lowest BCUT2D eigenvalue weighted by Crippen LogP contribution is -2.48. The molecule has 2 aliphatic rings. The van der Waals surface area contributed by atoms with Gasteiger partial charge in [0.2, 0.25) is 11.8 Å². The van der Waals surface area contributed by atoms with E-state index in [9.17, 15) is 14.7 Å². The molecule has 4 N–H and O–H groups in total. The minimum Gasteiger partial charge on any atom is -0.391 e. The lowest BCUT2D eigenvalue weighted by atomic mass is 10.0. The van der Waals surface area contributed by atoms with Crippen molar-refractivity contribution >= 4 is 11.8 Å². The highest BCUT2D eigenvalue weighted by Crippen LogP contribution is 2.36. The van der Waals surface area contributed by atoms with Gasteiger partial charge in [0.05, 0.1) is 12.6 Å². The molecule has 0 aliphatic carbocycles. The van der Waals surface area contributed by atoms with E-state index in [-0.39, 0.29) is 31.3 Å². The minimum absolute atomic E-state index is 0.144. The molecule has 0 aromatic heterocycles. The molecular weight excluding hydrogens is 286 g/mol. The second-order valence-corrected chi connectivity index (χ2v) is 5.58. The van der Waals surface area contributed by atoms with Gasteiger partial charge in [-0.15, -0.1) is 12.3 Å². The van der Waals surface area contributed by atoms with Crippen LogP contribution in [0.2, 0.25) is 0 Å². The maximum atomic E-state index is 12.2. The Hall–Kier alpha value is -1.98. The number of rotatable bonds is 7. The van der Waals surface area contributed by atoms with Gasteiger partial charge in [0, 0.05) is 38.8 Å². The summed E-state index contributed by atoms with van der Waals surface area (Å²) in [5.74, 6) is 1.92. The third kappa shape index (κ3) is 3.81. The molecule has 0 spiro atoms. The van der Waals surface area contributed by atoms with E-state index in [1.165, 1.54) is 4.90 Å². The van der Waals surface area contributed by atoms with Crippen molar-refractivity contribution in [3.05, 3.63) is 0 Å². The first kappa shape index (κ1) is 16.4. The van der Waals surface area contributed by atoms with Gasteiger partial charge in [0.15, 0.2) is 5.66 Å². The summed E-state index contributed by atoms with van der Waals surface area (Å²) in [6.45, 7) is 0.363. The summed E-state index contributed by atoms with van der Waals surface area (Å²) in [5.41, 5.74) is 4.88. The molecule has 8 heteroatoms. The van der Waals surface area contributed by atoms with Gasteiger partial charge in [0.25, 0.3) is 0 Å². The van der Waals surface area contributed by atoms with Crippen LogP contribution in [0.25, 0.3) is 0 Å². The molecule has 120 valence electrons. The van der Waals surface area contributed by atoms with Crippen LogP contribution in [0.4, 0.5) is 0 Å². The van der Waals surface area contributed by atoms with E-state index in [1.807, 2.05) is 0 Å². The number of β-amino-alcohol motifs (C(OH)–C–C–N with tert-alkyl or cyclic N) is 1. The largest absolute Gasteiger partial charge is 0.391 e. The first-order valence-corrected chi connectivity index (χ1v) is 7.34. The van der Waals surface area contributed by atoms with Crippen LogP contribution in [0.3, 0.4) is 0 Å². The van der Waals surface area contributed by atoms with Crippen LogP contribution in [0.5, 0.6) is 0 Å². The molecule has 2 rings (SSSR count). The van der Waals surface area contributed by atoms with Gasteiger partial charge in [-0.25, -0.2) is 0 Å². The second kappa shape index (κ2) is 6.85. The summed E-state index contributed by atoms with van der Waals surface area (Å²) < 4.78 is 0. The number of aliphatic hydroxyl groups excluding tert-OH is 1. The number of nitrogens with zero attached hydrogens (tertiary/aromatic N) is 3. The lowest BCUT2D eigenvalue weighted by molar-refractivity contribution is -0.137. The van der Waals surface area contributed by atoms with Crippen molar-refractivity contribution in [2.24, 2.45) is 16.0 Å². The zero-order valence-corrected chi connectivity index (χ0v) is 12.4. The normalized spacial score (nSPS) is 24.9. The molecule has 2 heterocycles. The fraction of sp³-hybridized carbons (Fsp3) is 0.714. The highest BCUT2D eigenvalue weighted by molar-refractivity contribution is 5.89. The highest BCUT2D eigenvalue weighted by Gasteiger charge is 2.40. The average molecular weight is 307 g/mol. The van der Waals surface area contributed by atoms with E-state index in [0.717, 1.165) is 0 Å². The zero-order valence-electron chi connectivity index (χ0n) is 12.4. The van der Waals surface area contributed by atoms with E-state index in [4.69, 9.17) is 12.2 Å². The number of amides is 2. The van der Waals surface area contributed by atoms with E-state index in [0.29, 0.717) is 25.8 Å². The molecule has 0 aromatic rings. The SMILES string of the molecule is C#CCCC1(CCNC(=O)[C@@H]2C[C@@H](O)CN2C(=O)CN)N=N1. The predicted octanol–water partition coefficient (Wildman–Crippen LogP) is -1.01. The fourth-order valence-electron chi connectivity index (χ4n) is 2.63. The number of aliphatic hydroxyl groups is 1. The standard InChI is InChI=1S/C14H21N5O3/c1-2-3-4-14(17-18-14)5-6-16-13(22)11-7-10(20)9-19(11)12(21)8-15/h1,10-11,20H,3-9,15H2,(H,16,22)/t10-,11+/m1/s1. The van der Waals surface area contributed by atoms with E-state index in [1.54, 1.807) is 0 Å². The monoisotopic (exact) mass is 307 g/mol. The number of carbonyl (C=O) groups excluding carboxylic acids is 2. The Morgan fingerprint density at radius 3 is 2.77 bits per heavy atom. The van der Waals surface area contributed by atoms with Crippen molar-refractivity contribution in [2.75, 3.05) is 19.6 Å². The van der Waals surface area contributed by atoms with Crippen LogP contribution < -0.4 is 11.1 Å². The summed E-state index contributed by atoms with van der Waals surface area (Å²) in [6, 6.07) is -0.666. The van der Waals surface area contributed by atoms with Crippen LogP contribution in [0.15, 0.2) is 10.2 Å². The molecule has 22 heavy (non-hydrogen) atoms. The molecule has 0 radical (unpaired) electrons. The average Bonchev–Trinajstić information content (AvgIpc) is 3.17. The maximum Gasteiger partial charge on any atom is 0.242 e. The maximum absolute atomic E-state index is 12.2. The number of likely N-dealkylation sites (tertiary alicyclic amines) is 1. The Labute approximate surface area is 129 Å². The van der Waals surface area contributed by atoms with E-state index >= 15 is 0 Å². The second-order valence-electron chi connectivity index (χ2n) is 5.58. The first-order chi connectivity index (χ1) is 10.5. The number of nitrogens with two attached hydrogens (primary N) is 1. The zero-order chi connectivity index (χ0) is 16.2. The van der Waals surface area contributed by atoms with Crippen molar-refractivity contribution in [3.8, 4) is 12.3 Å². The third-order valence-corrected chi connectivity index (χ3v) is 3.95. The van der Waals surface area contributed by atoms with Crippen molar-refractivity contribution in [2.45, 2.75) is 43.5 Å². The van der Waals surface area contributed by atoms with Gasteiger partial charge in [-0.3, -0.25) is 9.59 Å². The Balaban J connectivity index is 1.79. The quantitative estimate of drug-likeness (QED) is 0.522. The Morgan fingerprint density at radius 1 is 1.45 bits per heavy atom.